The molecule has 0 aromatic heterocycles. The van der Waals surface area contributed by atoms with Gasteiger partial charge in [-0.05, 0) is 25.1 Å². The highest BCUT2D eigenvalue weighted by Crippen LogP contribution is 2.21. The average Bonchev–Trinajstić information content (AvgIpc) is 2.28. The van der Waals surface area contributed by atoms with Crippen LogP contribution in [0.5, 0.6) is 0 Å². The van der Waals surface area contributed by atoms with E-state index in [0.29, 0.717) is 16.9 Å². The molecule has 0 fully saturated rings. The summed E-state index contributed by atoms with van der Waals surface area (Å²) in [6, 6.07) is 4.67. The quantitative estimate of drug-likeness (QED) is 0.785. The Kier molecular flexibility index (Phi) is 4.99. The molecule has 0 saturated carbocycles. The highest BCUT2D eigenvalue weighted by atomic mass is 32.2. The van der Waals surface area contributed by atoms with Crippen molar-refractivity contribution >= 4 is 27.1 Å². The highest BCUT2D eigenvalue weighted by molar-refractivity contribution is 7.90. The third kappa shape index (κ3) is 4.73. The van der Waals surface area contributed by atoms with Crippen LogP contribution >= 0.6 is 0 Å². The number of nitrogen functional groups attached to an aromatic ring is 1. The Hall–Kier alpha value is -1.76. The molecule has 0 aliphatic carbocycles. The Morgan fingerprint density at radius 3 is 2.45 bits per heavy atom. The first-order valence-electron chi connectivity index (χ1n) is 6.15. The number of anilines is 2. The lowest BCUT2D eigenvalue weighted by Gasteiger charge is -2.17. The van der Waals surface area contributed by atoms with E-state index in [1.807, 2.05) is 0 Å². The lowest BCUT2D eigenvalue weighted by atomic mass is 10.1. The van der Waals surface area contributed by atoms with E-state index in [-0.39, 0.29) is 17.7 Å². The van der Waals surface area contributed by atoms with Crippen LogP contribution in [0.15, 0.2) is 18.2 Å². The molecule has 0 radical (unpaired) electrons. The second-order valence-electron chi connectivity index (χ2n) is 5.14. The summed E-state index contributed by atoms with van der Waals surface area (Å²) in [7, 11) is 0.278. The zero-order valence-electron chi connectivity index (χ0n) is 12.2. The van der Waals surface area contributed by atoms with Gasteiger partial charge in [0.05, 0.1) is 17.1 Å². The molecular formula is C13H21N3O3S. The molecule has 1 aromatic carbocycles. The van der Waals surface area contributed by atoms with Crippen molar-refractivity contribution in [1.29, 1.82) is 0 Å². The maximum Gasteiger partial charge on any atom is 0.253 e. The minimum Gasteiger partial charge on any atom is -0.397 e. The fraction of sp³-hybridized carbons (Fsp3) is 0.462. The number of amides is 1. The molecule has 3 N–H and O–H groups in total. The molecule has 20 heavy (non-hydrogen) atoms. The van der Waals surface area contributed by atoms with Crippen molar-refractivity contribution < 1.29 is 13.2 Å². The SMILES string of the molecule is CC(CS(C)(=O)=O)Nc1ccc(C(=O)N(C)C)cc1N. The molecule has 6 nitrogen and oxygen atoms in total. The maximum atomic E-state index is 11.8. The first-order chi connectivity index (χ1) is 9.10. The molecule has 7 heteroatoms. The molecular weight excluding hydrogens is 278 g/mol. The van der Waals surface area contributed by atoms with Crippen LogP contribution in [-0.4, -0.2) is 51.4 Å². The van der Waals surface area contributed by atoms with Crippen LogP contribution in [-0.2, 0) is 9.84 Å². The smallest absolute Gasteiger partial charge is 0.253 e. The number of carbonyl (C=O) groups is 1. The minimum absolute atomic E-state index is 0.0187. The Bertz CT molecular complexity index is 597. The van der Waals surface area contributed by atoms with E-state index in [2.05, 4.69) is 5.32 Å². The summed E-state index contributed by atoms with van der Waals surface area (Å²) in [4.78, 5) is 13.3. The van der Waals surface area contributed by atoms with Gasteiger partial charge in [-0.2, -0.15) is 0 Å². The van der Waals surface area contributed by atoms with Gasteiger partial charge in [-0.25, -0.2) is 8.42 Å². The monoisotopic (exact) mass is 299 g/mol. The van der Waals surface area contributed by atoms with Gasteiger partial charge in [0, 0.05) is 32.0 Å². The van der Waals surface area contributed by atoms with Crippen LogP contribution in [0.1, 0.15) is 17.3 Å². The van der Waals surface area contributed by atoms with Gasteiger partial charge in [0.1, 0.15) is 9.84 Å². The maximum absolute atomic E-state index is 11.8. The zero-order chi connectivity index (χ0) is 15.5. The predicted octanol–water partition coefficient (Wildman–Crippen LogP) is 0.816. The molecule has 0 saturated heterocycles. The topological polar surface area (TPSA) is 92.5 Å². The van der Waals surface area contributed by atoms with E-state index in [1.54, 1.807) is 39.2 Å². The lowest BCUT2D eigenvalue weighted by molar-refractivity contribution is 0.0827. The molecule has 1 rings (SSSR count). The fourth-order valence-electron chi connectivity index (χ4n) is 1.85. The zero-order valence-corrected chi connectivity index (χ0v) is 13.0. The van der Waals surface area contributed by atoms with E-state index in [4.69, 9.17) is 5.73 Å². The standard InChI is InChI=1S/C13H21N3O3S/c1-9(8-20(4,18)19)15-12-6-5-10(7-11(12)14)13(17)16(2)3/h5-7,9,15H,8,14H2,1-4H3. The van der Waals surface area contributed by atoms with Gasteiger partial charge in [0.15, 0.2) is 0 Å². The number of hydrogen-bond acceptors (Lipinski definition) is 5. The second kappa shape index (κ2) is 6.13. The van der Waals surface area contributed by atoms with Crippen LogP contribution in [0.2, 0.25) is 0 Å². The van der Waals surface area contributed by atoms with E-state index in [0.717, 1.165) is 0 Å². The summed E-state index contributed by atoms with van der Waals surface area (Å²) in [6.45, 7) is 1.76. The van der Waals surface area contributed by atoms with Crippen molar-refractivity contribution in [2.45, 2.75) is 13.0 Å². The van der Waals surface area contributed by atoms with Crippen LogP contribution in [0.4, 0.5) is 11.4 Å². The number of nitrogens with zero attached hydrogens (tertiary/aromatic N) is 1. The first kappa shape index (κ1) is 16.3. The van der Waals surface area contributed by atoms with Gasteiger partial charge in [0.2, 0.25) is 0 Å². The molecule has 0 spiro atoms. The predicted molar refractivity (Wildman–Crippen MR) is 81.7 cm³/mol. The number of carbonyl (C=O) groups excluding carboxylic acids is 1. The Labute approximate surface area is 119 Å². The molecule has 1 aromatic rings. The van der Waals surface area contributed by atoms with E-state index < -0.39 is 9.84 Å². The fourth-order valence-corrected chi connectivity index (χ4v) is 2.84. The Morgan fingerprint density at radius 1 is 1.40 bits per heavy atom. The summed E-state index contributed by atoms with van der Waals surface area (Å²) < 4.78 is 22.4. The van der Waals surface area contributed by atoms with Gasteiger partial charge in [-0.15, -0.1) is 0 Å². The summed E-state index contributed by atoms with van der Waals surface area (Å²) in [5.41, 5.74) is 7.42. The van der Waals surface area contributed by atoms with Crippen molar-refractivity contribution in [3.63, 3.8) is 0 Å². The average molecular weight is 299 g/mol. The van der Waals surface area contributed by atoms with Crippen LogP contribution in [0, 0.1) is 0 Å². The number of nitrogens with one attached hydrogen (secondary N) is 1. The summed E-state index contributed by atoms with van der Waals surface area (Å²) >= 11 is 0. The molecule has 0 bridgehead atoms. The largest absolute Gasteiger partial charge is 0.397 e. The molecule has 112 valence electrons. The molecule has 0 aliphatic rings. The van der Waals surface area contributed by atoms with Gasteiger partial charge >= 0.3 is 0 Å². The molecule has 1 unspecified atom stereocenters. The summed E-state index contributed by atoms with van der Waals surface area (Å²) in [5, 5.41) is 3.03. The number of hydrogen-bond donors (Lipinski definition) is 2. The normalized spacial score (nSPS) is 12.8. The summed E-state index contributed by atoms with van der Waals surface area (Å²) in [6.07, 6.45) is 1.19. The first-order valence-corrected chi connectivity index (χ1v) is 8.21. The molecule has 1 atom stereocenters. The number of benzene rings is 1. The van der Waals surface area contributed by atoms with Gasteiger partial charge in [0.25, 0.3) is 5.91 Å². The number of rotatable bonds is 5. The van der Waals surface area contributed by atoms with Gasteiger partial charge in [-0.1, -0.05) is 0 Å². The molecule has 0 heterocycles. The van der Waals surface area contributed by atoms with Gasteiger partial charge < -0.3 is 16.0 Å². The lowest BCUT2D eigenvalue weighted by Crippen LogP contribution is -2.26. The van der Waals surface area contributed by atoms with Crippen molar-refractivity contribution in [1.82, 2.24) is 4.90 Å². The molecule has 1 amide bonds. The van der Waals surface area contributed by atoms with Crippen LogP contribution in [0.3, 0.4) is 0 Å². The van der Waals surface area contributed by atoms with E-state index in [1.165, 1.54) is 11.2 Å². The Balaban J connectivity index is 2.86. The van der Waals surface area contributed by atoms with E-state index >= 15 is 0 Å². The number of nitrogens with two attached hydrogens (primary N) is 1. The highest BCUT2D eigenvalue weighted by Gasteiger charge is 2.13. The van der Waals surface area contributed by atoms with Gasteiger partial charge in [-0.3, -0.25) is 4.79 Å². The van der Waals surface area contributed by atoms with Crippen molar-refractivity contribution in [3.05, 3.63) is 23.8 Å². The molecule has 0 aliphatic heterocycles. The number of sulfone groups is 1. The summed E-state index contributed by atoms with van der Waals surface area (Å²) in [5.74, 6) is -0.113. The van der Waals surface area contributed by atoms with Crippen molar-refractivity contribution in [3.8, 4) is 0 Å². The van der Waals surface area contributed by atoms with Crippen LogP contribution < -0.4 is 11.1 Å². The van der Waals surface area contributed by atoms with Crippen molar-refractivity contribution in [2.75, 3.05) is 37.2 Å². The minimum atomic E-state index is -3.05. The third-order valence-electron chi connectivity index (χ3n) is 2.66. The van der Waals surface area contributed by atoms with E-state index in [9.17, 15) is 13.2 Å². The third-order valence-corrected chi connectivity index (χ3v) is 3.76. The van der Waals surface area contributed by atoms with Crippen LogP contribution in [0.25, 0.3) is 0 Å². The second-order valence-corrected chi connectivity index (χ2v) is 7.32. The van der Waals surface area contributed by atoms with Crippen molar-refractivity contribution in [2.24, 2.45) is 0 Å². The Morgan fingerprint density at radius 2 is 2.00 bits per heavy atom.